The lowest BCUT2D eigenvalue weighted by atomic mass is 9.97. The van der Waals surface area contributed by atoms with Crippen molar-refractivity contribution in [2.75, 3.05) is 12.0 Å². The third-order valence-electron chi connectivity index (χ3n) is 5.45. The highest BCUT2D eigenvalue weighted by molar-refractivity contribution is 6.51. The van der Waals surface area contributed by atoms with E-state index in [9.17, 15) is 14.7 Å². The molecule has 1 aliphatic heterocycles. The average Bonchev–Trinajstić information content (AvgIpc) is 3.05. The number of aliphatic hydroxyl groups excluding tert-OH is 1. The van der Waals surface area contributed by atoms with Gasteiger partial charge in [0.05, 0.1) is 23.4 Å². The number of aliphatic hydroxyl groups is 1. The van der Waals surface area contributed by atoms with E-state index >= 15 is 0 Å². The third kappa shape index (κ3) is 3.63. The molecule has 1 aliphatic rings. The van der Waals surface area contributed by atoms with Crippen LogP contribution in [0.25, 0.3) is 5.76 Å². The van der Waals surface area contributed by atoms with Crippen molar-refractivity contribution in [1.29, 1.82) is 0 Å². The van der Waals surface area contributed by atoms with E-state index in [0.29, 0.717) is 27.7 Å². The number of ether oxygens (including phenoxy) is 1. The number of benzene rings is 2. The summed E-state index contributed by atoms with van der Waals surface area (Å²) in [6, 6.07) is 14.6. The monoisotopic (exact) mass is 448 g/mol. The molecule has 0 bridgehead atoms. The standard InChI is InChI=1S/C25H21ClN2O4/c1-14-7-10-19(15(2)12-14)28-22(18-6-4-5-11-27-18)21(24(30)25(28)31)23(29)16-8-9-17(26)20(13-16)32-3/h4-13,22,29H,1-3H3/b23-21+. The number of anilines is 1. The van der Waals surface area contributed by atoms with Crippen LogP contribution >= 0.6 is 11.6 Å². The Morgan fingerprint density at radius 3 is 2.53 bits per heavy atom. The number of pyridine rings is 1. The van der Waals surface area contributed by atoms with E-state index in [-0.39, 0.29) is 11.3 Å². The fraction of sp³-hybridized carbons (Fsp3) is 0.160. The van der Waals surface area contributed by atoms with Crippen molar-refractivity contribution in [2.24, 2.45) is 0 Å². The molecule has 7 heteroatoms. The van der Waals surface area contributed by atoms with Crippen LogP contribution in [0.5, 0.6) is 5.75 Å². The summed E-state index contributed by atoms with van der Waals surface area (Å²) < 4.78 is 5.23. The highest BCUT2D eigenvalue weighted by Crippen LogP contribution is 2.43. The summed E-state index contributed by atoms with van der Waals surface area (Å²) >= 11 is 6.11. The Balaban J connectivity index is 1.96. The summed E-state index contributed by atoms with van der Waals surface area (Å²) in [7, 11) is 1.46. The molecule has 162 valence electrons. The normalized spacial score (nSPS) is 17.6. The molecule has 0 aliphatic carbocycles. The van der Waals surface area contributed by atoms with Gasteiger partial charge in [-0.25, -0.2) is 0 Å². The molecule has 1 saturated heterocycles. The van der Waals surface area contributed by atoms with Crippen LogP contribution in [-0.2, 0) is 9.59 Å². The molecule has 0 saturated carbocycles. The van der Waals surface area contributed by atoms with Crippen LogP contribution < -0.4 is 9.64 Å². The second-order valence-corrected chi connectivity index (χ2v) is 7.97. The molecule has 1 aromatic heterocycles. The maximum Gasteiger partial charge on any atom is 0.300 e. The van der Waals surface area contributed by atoms with Crippen molar-refractivity contribution in [1.82, 2.24) is 4.98 Å². The molecule has 0 radical (unpaired) electrons. The minimum Gasteiger partial charge on any atom is -0.507 e. The van der Waals surface area contributed by atoms with E-state index in [1.54, 1.807) is 42.6 Å². The lowest BCUT2D eigenvalue weighted by Gasteiger charge is -2.26. The summed E-state index contributed by atoms with van der Waals surface area (Å²) in [5.41, 5.74) is 3.19. The fourth-order valence-electron chi connectivity index (χ4n) is 3.94. The lowest BCUT2D eigenvalue weighted by molar-refractivity contribution is -0.132. The van der Waals surface area contributed by atoms with Gasteiger partial charge in [0.1, 0.15) is 17.6 Å². The van der Waals surface area contributed by atoms with Gasteiger partial charge in [0.15, 0.2) is 0 Å². The van der Waals surface area contributed by atoms with E-state index in [2.05, 4.69) is 4.98 Å². The zero-order valence-electron chi connectivity index (χ0n) is 17.8. The molecular weight excluding hydrogens is 428 g/mol. The van der Waals surface area contributed by atoms with Gasteiger partial charge in [-0.3, -0.25) is 19.5 Å². The molecule has 1 amide bonds. The smallest absolute Gasteiger partial charge is 0.300 e. The summed E-state index contributed by atoms with van der Waals surface area (Å²) in [6.45, 7) is 3.83. The number of carbonyl (C=O) groups excluding carboxylic acids is 2. The summed E-state index contributed by atoms with van der Waals surface area (Å²) in [5.74, 6) is -1.49. The maximum atomic E-state index is 13.2. The predicted molar refractivity (Wildman–Crippen MR) is 123 cm³/mol. The number of aromatic nitrogens is 1. The zero-order valence-corrected chi connectivity index (χ0v) is 18.6. The largest absolute Gasteiger partial charge is 0.507 e. The highest BCUT2D eigenvalue weighted by atomic mass is 35.5. The van der Waals surface area contributed by atoms with Gasteiger partial charge in [0.2, 0.25) is 0 Å². The number of hydrogen-bond acceptors (Lipinski definition) is 5. The van der Waals surface area contributed by atoms with Crippen molar-refractivity contribution >= 4 is 34.7 Å². The molecule has 1 atom stereocenters. The first kappa shape index (κ1) is 21.6. The number of ketones is 1. The van der Waals surface area contributed by atoms with Crippen LogP contribution in [0, 0.1) is 13.8 Å². The number of methoxy groups -OCH3 is 1. The van der Waals surface area contributed by atoms with Crippen molar-refractivity contribution in [2.45, 2.75) is 19.9 Å². The van der Waals surface area contributed by atoms with Crippen LogP contribution in [-0.4, -0.2) is 28.9 Å². The molecule has 6 nitrogen and oxygen atoms in total. The first-order chi connectivity index (χ1) is 15.3. The molecule has 1 unspecified atom stereocenters. The van der Waals surface area contributed by atoms with Gasteiger partial charge in [-0.2, -0.15) is 0 Å². The first-order valence-electron chi connectivity index (χ1n) is 9.96. The average molecular weight is 449 g/mol. The van der Waals surface area contributed by atoms with E-state index in [1.165, 1.54) is 18.1 Å². The number of halogens is 1. The van der Waals surface area contributed by atoms with Crippen molar-refractivity contribution in [3.05, 3.63) is 93.8 Å². The highest BCUT2D eigenvalue weighted by Gasteiger charge is 2.48. The fourth-order valence-corrected chi connectivity index (χ4v) is 4.13. The van der Waals surface area contributed by atoms with Gasteiger partial charge in [-0.05, 0) is 55.8 Å². The Morgan fingerprint density at radius 1 is 1.09 bits per heavy atom. The van der Waals surface area contributed by atoms with Crippen LogP contribution in [0.1, 0.15) is 28.4 Å². The van der Waals surface area contributed by atoms with Gasteiger partial charge in [0.25, 0.3) is 11.7 Å². The second kappa shape index (κ2) is 8.48. The zero-order chi connectivity index (χ0) is 23.0. The molecule has 1 fully saturated rings. The van der Waals surface area contributed by atoms with Crippen molar-refractivity contribution in [3.63, 3.8) is 0 Å². The summed E-state index contributed by atoms with van der Waals surface area (Å²) in [6.07, 6.45) is 1.59. The molecule has 2 heterocycles. The number of aryl methyl sites for hydroxylation is 2. The predicted octanol–water partition coefficient (Wildman–Crippen LogP) is 4.99. The minimum absolute atomic E-state index is 0.0435. The van der Waals surface area contributed by atoms with Crippen LogP contribution in [0.3, 0.4) is 0 Å². The number of nitrogens with zero attached hydrogens (tertiary/aromatic N) is 2. The summed E-state index contributed by atoms with van der Waals surface area (Å²) in [4.78, 5) is 32.2. The van der Waals surface area contributed by atoms with Crippen molar-refractivity contribution in [3.8, 4) is 5.75 Å². The van der Waals surface area contributed by atoms with Gasteiger partial charge in [-0.1, -0.05) is 35.4 Å². The Bertz CT molecular complexity index is 1250. The SMILES string of the molecule is COc1cc(/C(O)=C2\C(=O)C(=O)N(c3ccc(C)cc3C)C2c2ccccn2)ccc1Cl. The molecule has 4 rings (SSSR count). The molecule has 32 heavy (non-hydrogen) atoms. The van der Waals surface area contributed by atoms with Gasteiger partial charge in [-0.15, -0.1) is 0 Å². The lowest BCUT2D eigenvalue weighted by Crippen LogP contribution is -2.30. The number of hydrogen-bond donors (Lipinski definition) is 1. The van der Waals surface area contributed by atoms with Gasteiger partial charge in [0, 0.05) is 17.4 Å². The van der Waals surface area contributed by atoms with Gasteiger partial charge >= 0.3 is 0 Å². The quantitative estimate of drug-likeness (QED) is 0.345. The maximum absolute atomic E-state index is 13.2. The molecule has 3 aromatic rings. The molecule has 2 aromatic carbocycles. The Kier molecular flexibility index (Phi) is 5.72. The molecule has 1 N–H and O–H groups in total. The van der Waals surface area contributed by atoms with Crippen molar-refractivity contribution < 1.29 is 19.4 Å². The van der Waals surface area contributed by atoms with Crippen LogP contribution in [0.15, 0.2) is 66.4 Å². The Labute approximate surface area is 190 Å². The summed E-state index contributed by atoms with van der Waals surface area (Å²) in [5, 5.41) is 11.5. The minimum atomic E-state index is -0.890. The Hall–Kier alpha value is -3.64. The Morgan fingerprint density at radius 2 is 1.88 bits per heavy atom. The first-order valence-corrected chi connectivity index (χ1v) is 10.3. The molecular formula is C25H21ClN2O4. The van der Waals surface area contributed by atoms with Crippen LogP contribution in [0.2, 0.25) is 5.02 Å². The number of Topliss-reactive ketones (excluding diaryl/α,β-unsaturated/α-hetero) is 1. The number of rotatable bonds is 4. The second-order valence-electron chi connectivity index (χ2n) is 7.56. The van der Waals surface area contributed by atoms with E-state index in [4.69, 9.17) is 16.3 Å². The topological polar surface area (TPSA) is 79.7 Å². The number of amides is 1. The van der Waals surface area contributed by atoms with Gasteiger partial charge < -0.3 is 9.84 Å². The number of carbonyl (C=O) groups is 2. The van der Waals surface area contributed by atoms with E-state index < -0.39 is 17.7 Å². The molecule has 0 spiro atoms. The van der Waals surface area contributed by atoms with Crippen LogP contribution in [0.4, 0.5) is 5.69 Å². The third-order valence-corrected chi connectivity index (χ3v) is 5.76. The van der Waals surface area contributed by atoms with E-state index in [1.807, 2.05) is 26.0 Å². The van der Waals surface area contributed by atoms with E-state index in [0.717, 1.165) is 11.1 Å².